The van der Waals surface area contributed by atoms with Gasteiger partial charge in [0.05, 0.1) is 0 Å². The van der Waals surface area contributed by atoms with Gasteiger partial charge in [-0.1, -0.05) is 14.9 Å². The summed E-state index contributed by atoms with van der Waals surface area (Å²) in [5, 5.41) is 0. The van der Waals surface area contributed by atoms with Gasteiger partial charge in [0.25, 0.3) is 0 Å². The van der Waals surface area contributed by atoms with Crippen molar-refractivity contribution in [1.29, 1.82) is 0 Å². The normalized spacial score (nSPS) is 0. The zero-order valence-electron chi connectivity index (χ0n) is 1.28. The van der Waals surface area contributed by atoms with Crippen molar-refractivity contribution in [1.82, 2.24) is 6.15 Å². The van der Waals surface area contributed by atoms with Crippen LogP contribution in [0, 0.1) is 0 Å². The van der Waals surface area contributed by atoms with Crippen molar-refractivity contribution in [3.05, 3.63) is 0 Å². The Bertz CT molecular complexity index is 6.00. The Morgan fingerprint density at radius 3 is 0.750 bits per heavy atom. The SMILES string of the molecule is C.C.N.[B]. The molecular weight excluding hydrogens is 48.8 g/mol. The molecule has 0 saturated carbocycles. The summed E-state index contributed by atoms with van der Waals surface area (Å²) < 4.78 is 0. The Labute approximate surface area is 30.6 Å². The molecule has 0 aliphatic carbocycles. The molecule has 0 aromatic carbocycles. The summed E-state index contributed by atoms with van der Waals surface area (Å²) in [5.41, 5.74) is 0. The van der Waals surface area contributed by atoms with Crippen LogP contribution in [0.2, 0.25) is 0 Å². The Balaban J connectivity index is 0. The van der Waals surface area contributed by atoms with Crippen LogP contribution in [0.5, 0.6) is 0 Å². The number of rotatable bonds is 0. The largest absolute Gasteiger partial charge is 0.344 e. The summed E-state index contributed by atoms with van der Waals surface area (Å²) in [7, 11) is 0. The van der Waals surface area contributed by atoms with Crippen molar-refractivity contribution in [3.8, 4) is 0 Å². The lowest BCUT2D eigenvalue weighted by Gasteiger charge is -0.344. The standard InChI is InChI=1S/2CH4.B.H3N/h2*1H4;;1H3. The molecule has 1 nitrogen and oxygen atoms in total. The van der Waals surface area contributed by atoms with Gasteiger partial charge in [-0.2, -0.15) is 0 Å². The quantitative estimate of drug-likeness (QED) is 0.416. The van der Waals surface area contributed by atoms with Crippen molar-refractivity contribution in [3.63, 3.8) is 0 Å². The van der Waals surface area contributed by atoms with E-state index >= 15 is 0 Å². The molecule has 0 amide bonds. The topological polar surface area (TPSA) is 35.0 Å². The van der Waals surface area contributed by atoms with Gasteiger partial charge in [-0.15, -0.1) is 0 Å². The zero-order valence-corrected chi connectivity index (χ0v) is 1.28. The first-order chi connectivity index (χ1) is 0. The number of hydrogen-bond donors (Lipinski definition) is 1. The monoisotopic (exact) mass is 60.1 g/mol. The van der Waals surface area contributed by atoms with E-state index < -0.39 is 0 Å². The molecule has 0 aliphatic heterocycles. The van der Waals surface area contributed by atoms with Gasteiger partial charge in [-0.25, -0.2) is 0 Å². The molecule has 0 bridgehead atoms. The van der Waals surface area contributed by atoms with E-state index in [2.05, 4.69) is 0 Å². The Hall–Kier alpha value is 0.0249. The van der Waals surface area contributed by atoms with Crippen LogP contribution in [-0.4, -0.2) is 8.41 Å². The Kier molecular flexibility index (Phi) is 295000000. The second kappa shape index (κ2) is 19900. The van der Waals surface area contributed by atoms with Crippen LogP contribution >= 0.6 is 0 Å². The van der Waals surface area contributed by atoms with Crippen LogP contribution in [0.4, 0.5) is 0 Å². The van der Waals surface area contributed by atoms with Gasteiger partial charge in [0.2, 0.25) is 0 Å². The van der Waals surface area contributed by atoms with Crippen LogP contribution in [0.15, 0.2) is 0 Å². The first kappa shape index (κ1) is 59200. The molecule has 0 aromatic rings. The van der Waals surface area contributed by atoms with Crippen molar-refractivity contribution in [2.45, 2.75) is 14.9 Å². The molecule has 0 aromatic heterocycles. The third kappa shape index (κ3) is 3420. The van der Waals surface area contributed by atoms with E-state index in [0.717, 1.165) is 0 Å². The molecule has 27 valence electrons. The smallest absolute Gasteiger partial charge is 0 e. The molecule has 0 aliphatic rings. The molecule has 0 unspecified atom stereocenters. The van der Waals surface area contributed by atoms with E-state index in [0.29, 0.717) is 0 Å². The third-order valence-corrected chi connectivity index (χ3v) is 0. The molecule has 2 heteroatoms. The fourth-order valence-electron chi connectivity index (χ4n) is 0. The first-order valence-electron chi connectivity index (χ1n) is 0. The van der Waals surface area contributed by atoms with Crippen molar-refractivity contribution < 1.29 is 0 Å². The van der Waals surface area contributed by atoms with Crippen LogP contribution in [0.3, 0.4) is 0 Å². The van der Waals surface area contributed by atoms with E-state index in [1.807, 2.05) is 0 Å². The Morgan fingerprint density at radius 1 is 0.750 bits per heavy atom. The average Bonchev–Trinajstić information content (AvgIpc) is 0. The summed E-state index contributed by atoms with van der Waals surface area (Å²) in [6, 6.07) is 0. The number of hydrogen-bond acceptors (Lipinski definition) is 1. The van der Waals surface area contributed by atoms with Gasteiger partial charge in [-0.3, -0.25) is 0 Å². The zero-order chi connectivity index (χ0) is 0. The molecule has 0 fully saturated rings. The first-order valence-corrected chi connectivity index (χ1v) is 0. The van der Waals surface area contributed by atoms with E-state index in [1.54, 1.807) is 0 Å². The summed E-state index contributed by atoms with van der Waals surface area (Å²) in [5.74, 6) is 0. The minimum absolute atomic E-state index is 0. The van der Waals surface area contributed by atoms with Gasteiger partial charge in [0.1, 0.15) is 0 Å². The van der Waals surface area contributed by atoms with Crippen molar-refractivity contribution >= 4 is 8.41 Å². The molecule has 0 heterocycles. The fourth-order valence-corrected chi connectivity index (χ4v) is 0. The van der Waals surface area contributed by atoms with Gasteiger partial charge in [0.15, 0.2) is 0 Å². The maximum Gasteiger partial charge on any atom is 0 e. The van der Waals surface area contributed by atoms with E-state index in [9.17, 15) is 0 Å². The van der Waals surface area contributed by atoms with E-state index in [-0.39, 0.29) is 29.4 Å². The molecular formula is C2H11BN. The minimum atomic E-state index is 0. The van der Waals surface area contributed by atoms with Gasteiger partial charge < -0.3 is 6.15 Å². The Morgan fingerprint density at radius 2 is 0.750 bits per heavy atom. The highest BCUT2D eigenvalue weighted by molar-refractivity contribution is 5.75. The second-order valence-corrected chi connectivity index (χ2v) is 0. The van der Waals surface area contributed by atoms with Crippen molar-refractivity contribution in [2.75, 3.05) is 0 Å². The summed E-state index contributed by atoms with van der Waals surface area (Å²) >= 11 is 0. The average molecular weight is 59.9 g/mol. The van der Waals surface area contributed by atoms with Gasteiger partial charge >= 0.3 is 0 Å². The van der Waals surface area contributed by atoms with Crippen molar-refractivity contribution in [2.24, 2.45) is 0 Å². The minimum Gasteiger partial charge on any atom is -0.344 e. The van der Waals surface area contributed by atoms with E-state index in [4.69, 9.17) is 0 Å². The predicted molar refractivity (Wildman–Crippen MR) is 24.2 cm³/mol. The maximum absolute atomic E-state index is 0. The molecule has 3 N–H and O–H groups in total. The highest BCUT2D eigenvalue weighted by Crippen LogP contribution is 0.145. The van der Waals surface area contributed by atoms with Crippen LogP contribution in [-0.2, 0) is 0 Å². The molecule has 3 radical (unpaired) electrons. The lowest BCUT2D eigenvalue weighted by Crippen LogP contribution is -0.481. The van der Waals surface area contributed by atoms with Gasteiger partial charge in [-0.05, 0) is 0 Å². The van der Waals surface area contributed by atoms with E-state index in [1.165, 1.54) is 0 Å². The van der Waals surface area contributed by atoms with Gasteiger partial charge in [0, 0.05) is 8.41 Å². The lowest BCUT2D eigenvalue weighted by atomic mass is 10.8. The highest BCUT2D eigenvalue weighted by atomic mass is 14.0. The molecule has 0 atom stereocenters. The lowest BCUT2D eigenvalue weighted by molar-refractivity contribution is 2.13. The van der Waals surface area contributed by atoms with Crippen LogP contribution in [0.25, 0.3) is 0 Å². The summed E-state index contributed by atoms with van der Waals surface area (Å²) in [6.07, 6.45) is 0. The van der Waals surface area contributed by atoms with Crippen LogP contribution < -0.4 is 6.15 Å². The molecule has 0 saturated heterocycles. The fraction of sp³-hybridized carbons (Fsp3) is 1.00. The second-order valence-electron chi connectivity index (χ2n) is 0. The highest BCUT2D eigenvalue weighted by Gasteiger charge is 0.0000292. The predicted octanol–water partition coefficient (Wildman–Crippen LogP) is 1.05. The molecule has 0 spiro atoms. The summed E-state index contributed by atoms with van der Waals surface area (Å²) in [4.78, 5) is 0. The molecule has 4 heavy (non-hydrogen) atoms. The van der Waals surface area contributed by atoms with Crippen LogP contribution in [0.1, 0.15) is 14.9 Å². The summed E-state index contributed by atoms with van der Waals surface area (Å²) in [6.45, 7) is 0. The molecule has 0 rings (SSSR count). The third-order valence-electron chi connectivity index (χ3n) is 0. The maximum atomic E-state index is 0.